The van der Waals surface area contributed by atoms with Crippen molar-refractivity contribution in [3.05, 3.63) is 52.5 Å². The number of Topliss-reactive ketones (excluding diaryl/α,β-unsaturated/α-hetero) is 1. The number of halogens is 2. The maximum Gasteiger partial charge on any atom is 0.247 e. The van der Waals surface area contributed by atoms with Crippen LogP contribution in [-0.4, -0.2) is 66.4 Å². The molecule has 3 aromatic rings. The lowest BCUT2D eigenvalue weighted by Crippen LogP contribution is -2.59. The lowest BCUT2D eigenvalue weighted by atomic mass is 10.0. The third-order valence-electron chi connectivity index (χ3n) is 5.18. The van der Waals surface area contributed by atoms with Crippen LogP contribution < -0.4 is 4.90 Å². The predicted molar refractivity (Wildman–Crippen MR) is 117 cm³/mol. The first kappa shape index (κ1) is 22.0. The maximum atomic E-state index is 13.1. The van der Waals surface area contributed by atoms with E-state index < -0.39 is 6.04 Å². The van der Waals surface area contributed by atoms with Gasteiger partial charge in [-0.3, -0.25) is 24.0 Å². The van der Waals surface area contributed by atoms with Crippen molar-refractivity contribution < 1.29 is 14.4 Å². The van der Waals surface area contributed by atoms with Crippen molar-refractivity contribution >= 4 is 46.5 Å². The molecule has 1 aliphatic heterocycles. The second-order valence-corrected chi connectivity index (χ2v) is 8.26. The highest BCUT2D eigenvalue weighted by Gasteiger charge is 2.38. The Balaban J connectivity index is 1.62. The number of hydrogen-bond acceptors (Lipinski definition) is 6. The molecule has 2 amide bonds. The van der Waals surface area contributed by atoms with Gasteiger partial charge in [-0.1, -0.05) is 28.4 Å². The Kier molecular flexibility index (Phi) is 5.98. The zero-order chi connectivity index (χ0) is 23.0. The van der Waals surface area contributed by atoms with Crippen LogP contribution in [-0.2, 0) is 27.9 Å². The molecule has 0 spiro atoms. The smallest absolute Gasteiger partial charge is 0.247 e. The van der Waals surface area contributed by atoms with Crippen molar-refractivity contribution in [3.63, 3.8) is 0 Å². The van der Waals surface area contributed by atoms with E-state index in [1.54, 1.807) is 42.2 Å². The Labute approximate surface area is 193 Å². The van der Waals surface area contributed by atoms with Crippen LogP contribution in [0.3, 0.4) is 0 Å². The van der Waals surface area contributed by atoms with E-state index >= 15 is 0 Å². The summed E-state index contributed by atoms with van der Waals surface area (Å²) < 4.78 is 3.02. The van der Waals surface area contributed by atoms with Gasteiger partial charge in [0.1, 0.15) is 13.1 Å². The van der Waals surface area contributed by atoms with Crippen molar-refractivity contribution in [2.75, 3.05) is 18.0 Å². The molecule has 1 saturated heterocycles. The molecule has 0 N–H and O–H groups in total. The fourth-order valence-electron chi connectivity index (χ4n) is 3.65. The van der Waals surface area contributed by atoms with Crippen LogP contribution in [0.15, 0.2) is 36.7 Å². The standard InChI is InChI=1S/C20H19Cl2N7O3/c1-12(30)16(8-14-5-6-26(2)24-14)27-10-20(32)28(11-19(27)31)17-7-13(21)3-4-15(17)29-9-18(22)23-25-29/h3-7,9,16H,8,10-11H2,1-2H3. The predicted octanol–water partition coefficient (Wildman–Crippen LogP) is 1.68. The minimum absolute atomic E-state index is 0.178. The number of amides is 2. The fraction of sp³-hybridized carbons (Fsp3) is 0.300. The van der Waals surface area contributed by atoms with E-state index in [2.05, 4.69) is 15.4 Å². The van der Waals surface area contributed by atoms with Crippen LogP contribution in [0.25, 0.3) is 5.69 Å². The van der Waals surface area contributed by atoms with Gasteiger partial charge in [0, 0.05) is 24.7 Å². The summed E-state index contributed by atoms with van der Waals surface area (Å²) >= 11 is 12.1. The number of hydrogen-bond donors (Lipinski definition) is 0. The number of benzene rings is 1. The van der Waals surface area contributed by atoms with Crippen molar-refractivity contribution in [1.82, 2.24) is 29.7 Å². The Morgan fingerprint density at radius 1 is 1.12 bits per heavy atom. The van der Waals surface area contributed by atoms with Crippen molar-refractivity contribution in [1.29, 1.82) is 0 Å². The Morgan fingerprint density at radius 3 is 2.53 bits per heavy atom. The Bertz CT molecular complexity index is 1210. The van der Waals surface area contributed by atoms with Gasteiger partial charge in [0.15, 0.2) is 10.9 Å². The molecule has 0 bridgehead atoms. The van der Waals surface area contributed by atoms with E-state index in [1.165, 1.54) is 27.6 Å². The molecule has 12 heteroatoms. The highest BCUT2D eigenvalue weighted by molar-refractivity contribution is 6.31. The van der Waals surface area contributed by atoms with Crippen LogP contribution in [0.5, 0.6) is 0 Å². The molecule has 1 aliphatic rings. The molecule has 166 valence electrons. The molecule has 2 aromatic heterocycles. The molecule has 1 aromatic carbocycles. The van der Waals surface area contributed by atoms with Crippen LogP contribution >= 0.6 is 23.2 Å². The van der Waals surface area contributed by atoms with Crippen molar-refractivity contribution in [2.45, 2.75) is 19.4 Å². The number of nitrogens with zero attached hydrogens (tertiary/aromatic N) is 7. The first-order valence-electron chi connectivity index (χ1n) is 9.69. The third-order valence-corrected chi connectivity index (χ3v) is 5.59. The van der Waals surface area contributed by atoms with Gasteiger partial charge in [-0.05, 0) is 31.2 Å². The summed E-state index contributed by atoms with van der Waals surface area (Å²) in [5.74, 6) is -0.930. The van der Waals surface area contributed by atoms with Gasteiger partial charge in [0.05, 0.1) is 29.3 Å². The van der Waals surface area contributed by atoms with Crippen LogP contribution in [0.2, 0.25) is 10.2 Å². The van der Waals surface area contributed by atoms with E-state index in [0.717, 1.165) is 0 Å². The zero-order valence-corrected chi connectivity index (χ0v) is 18.8. The van der Waals surface area contributed by atoms with Gasteiger partial charge in [-0.15, -0.1) is 5.10 Å². The van der Waals surface area contributed by atoms with Gasteiger partial charge in [0.25, 0.3) is 0 Å². The van der Waals surface area contributed by atoms with Crippen LogP contribution in [0.1, 0.15) is 12.6 Å². The van der Waals surface area contributed by atoms with Gasteiger partial charge in [-0.2, -0.15) is 5.10 Å². The first-order chi connectivity index (χ1) is 15.2. The van der Waals surface area contributed by atoms with E-state index in [9.17, 15) is 14.4 Å². The molecular formula is C20H19Cl2N7O3. The molecule has 0 saturated carbocycles. The average molecular weight is 476 g/mol. The van der Waals surface area contributed by atoms with E-state index in [4.69, 9.17) is 23.2 Å². The number of carbonyl (C=O) groups is 3. The van der Waals surface area contributed by atoms with E-state index in [1.807, 2.05) is 0 Å². The molecular weight excluding hydrogens is 457 g/mol. The van der Waals surface area contributed by atoms with Gasteiger partial charge < -0.3 is 4.90 Å². The number of rotatable bonds is 6. The number of anilines is 1. The summed E-state index contributed by atoms with van der Waals surface area (Å²) in [5.41, 5.74) is 1.54. The number of carbonyl (C=O) groups excluding carboxylic acids is 3. The number of piperazine rings is 1. The second kappa shape index (κ2) is 8.71. The highest BCUT2D eigenvalue weighted by Crippen LogP contribution is 2.30. The van der Waals surface area contributed by atoms with E-state index in [0.29, 0.717) is 22.1 Å². The monoisotopic (exact) mass is 475 g/mol. The summed E-state index contributed by atoms with van der Waals surface area (Å²) in [6.07, 6.45) is 3.47. The third kappa shape index (κ3) is 4.37. The molecule has 1 fully saturated rings. The van der Waals surface area contributed by atoms with Crippen molar-refractivity contribution in [3.8, 4) is 5.69 Å². The lowest BCUT2D eigenvalue weighted by molar-refractivity contribution is -0.144. The quantitative estimate of drug-likeness (QED) is 0.536. The molecule has 4 rings (SSSR count). The maximum absolute atomic E-state index is 13.1. The highest BCUT2D eigenvalue weighted by atomic mass is 35.5. The minimum atomic E-state index is -0.781. The second-order valence-electron chi connectivity index (χ2n) is 7.43. The molecule has 1 unspecified atom stereocenters. The fourth-order valence-corrected chi connectivity index (χ4v) is 3.94. The zero-order valence-electron chi connectivity index (χ0n) is 17.3. The Morgan fingerprint density at radius 2 is 1.91 bits per heavy atom. The number of ketones is 1. The van der Waals surface area contributed by atoms with Gasteiger partial charge in [-0.25, -0.2) is 4.68 Å². The molecule has 3 heterocycles. The number of aromatic nitrogens is 5. The van der Waals surface area contributed by atoms with Crippen molar-refractivity contribution in [2.24, 2.45) is 7.05 Å². The van der Waals surface area contributed by atoms with E-state index in [-0.39, 0.29) is 42.3 Å². The SMILES string of the molecule is CC(=O)C(Cc1ccn(C)n1)N1CC(=O)N(c2cc(Cl)ccc2-n2cc(Cl)nn2)CC1=O. The van der Waals surface area contributed by atoms with Crippen LogP contribution in [0, 0.1) is 0 Å². The summed E-state index contributed by atoms with van der Waals surface area (Å²) in [7, 11) is 1.77. The summed E-state index contributed by atoms with van der Waals surface area (Å²) in [5, 5.41) is 12.5. The largest absolute Gasteiger partial charge is 0.321 e. The molecule has 32 heavy (non-hydrogen) atoms. The van der Waals surface area contributed by atoms with Gasteiger partial charge >= 0.3 is 0 Å². The summed E-state index contributed by atoms with van der Waals surface area (Å²) in [6, 6.07) is 5.86. The topological polar surface area (TPSA) is 106 Å². The number of aryl methyl sites for hydroxylation is 1. The van der Waals surface area contributed by atoms with Crippen LogP contribution in [0.4, 0.5) is 5.69 Å². The normalized spacial score (nSPS) is 15.4. The Hall–Kier alpha value is -3.24. The molecule has 10 nitrogen and oxygen atoms in total. The summed E-state index contributed by atoms with van der Waals surface area (Å²) in [6.45, 7) is 0.905. The minimum Gasteiger partial charge on any atom is -0.321 e. The average Bonchev–Trinajstić information content (AvgIpc) is 3.35. The lowest BCUT2D eigenvalue weighted by Gasteiger charge is -2.38. The first-order valence-corrected chi connectivity index (χ1v) is 10.4. The molecule has 1 atom stereocenters. The molecule has 0 aliphatic carbocycles. The summed E-state index contributed by atoms with van der Waals surface area (Å²) in [4.78, 5) is 41.2. The molecule has 0 radical (unpaired) electrons. The van der Waals surface area contributed by atoms with Gasteiger partial charge in [0.2, 0.25) is 11.8 Å².